The number of aromatic nitrogens is 1. The van der Waals surface area contributed by atoms with Crippen molar-refractivity contribution >= 4 is 12.1 Å². The lowest BCUT2D eigenvalue weighted by Gasteiger charge is -2.17. The summed E-state index contributed by atoms with van der Waals surface area (Å²) in [7, 11) is 1.54. The van der Waals surface area contributed by atoms with Crippen molar-refractivity contribution in [2.45, 2.75) is 24.8 Å². The van der Waals surface area contributed by atoms with E-state index < -0.39 is 18.1 Å². The number of hydrogen-bond donors (Lipinski definition) is 2. The second-order valence-electron chi connectivity index (χ2n) is 7.63. The Hall–Kier alpha value is -3.87. The monoisotopic (exact) mass is 432 g/mol. The Kier molecular flexibility index (Phi) is 6.35. The predicted molar refractivity (Wildman–Crippen MR) is 119 cm³/mol. The molecule has 1 aliphatic carbocycles. The molecule has 7 nitrogen and oxygen atoms in total. The number of ether oxygens (including phenoxy) is 2. The van der Waals surface area contributed by atoms with Crippen LogP contribution in [-0.4, -0.2) is 41.9 Å². The molecule has 2 aromatic carbocycles. The zero-order valence-corrected chi connectivity index (χ0v) is 17.7. The number of benzene rings is 2. The Morgan fingerprint density at radius 2 is 1.72 bits per heavy atom. The predicted octanol–water partition coefficient (Wildman–Crippen LogP) is 4.01. The third-order valence-corrected chi connectivity index (χ3v) is 5.66. The third-order valence-electron chi connectivity index (χ3n) is 5.66. The first-order valence-corrected chi connectivity index (χ1v) is 10.4. The molecule has 0 bridgehead atoms. The number of rotatable bonds is 8. The lowest BCUT2D eigenvalue weighted by atomic mass is 9.98. The van der Waals surface area contributed by atoms with Gasteiger partial charge < -0.3 is 19.9 Å². The van der Waals surface area contributed by atoms with Crippen LogP contribution in [0.25, 0.3) is 11.1 Å². The van der Waals surface area contributed by atoms with Gasteiger partial charge >= 0.3 is 12.1 Å². The van der Waals surface area contributed by atoms with Gasteiger partial charge in [-0.15, -0.1) is 0 Å². The molecule has 0 radical (unpaired) electrons. The normalized spacial score (nSPS) is 13.0. The SMILES string of the molecule is COc1cncc(CC[C@H](NC(=O)OCC2c3ccccc3-c3ccccc32)C(=O)O)c1. The second-order valence-corrected chi connectivity index (χ2v) is 7.63. The highest BCUT2D eigenvalue weighted by Crippen LogP contribution is 2.44. The number of fused-ring (bicyclic) bond motifs is 3. The van der Waals surface area contributed by atoms with E-state index in [-0.39, 0.29) is 18.9 Å². The van der Waals surface area contributed by atoms with Gasteiger partial charge in [0.05, 0.1) is 13.3 Å². The van der Waals surface area contributed by atoms with Crippen LogP contribution in [-0.2, 0) is 16.0 Å². The first kappa shape index (κ1) is 21.4. The Bertz CT molecular complexity index is 1090. The van der Waals surface area contributed by atoms with Gasteiger partial charge in [-0.25, -0.2) is 9.59 Å². The minimum atomic E-state index is -1.12. The molecule has 0 aliphatic heterocycles. The summed E-state index contributed by atoms with van der Waals surface area (Å²) >= 11 is 0. The largest absolute Gasteiger partial charge is 0.495 e. The highest BCUT2D eigenvalue weighted by Gasteiger charge is 2.29. The van der Waals surface area contributed by atoms with Crippen molar-refractivity contribution < 1.29 is 24.2 Å². The van der Waals surface area contributed by atoms with Crippen molar-refractivity contribution in [3.8, 4) is 16.9 Å². The van der Waals surface area contributed by atoms with Crippen molar-refractivity contribution in [2.75, 3.05) is 13.7 Å². The molecule has 1 amide bonds. The molecule has 3 aromatic rings. The number of nitrogens with zero attached hydrogens (tertiary/aromatic N) is 1. The van der Waals surface area contributed by atoms with Gasteiger partial charge in [-0.3, -0.25) is 4.98 Å². The number of carboxylic acid groups (broad SMARTS) is 1. The number of nitrogens with one attached hydrogen (secondary N) is 1. The van der Waals surface area contributed by atoms with E-state index >= 15 is 0 Å². The maximum atomic E-state index is 12.4. The fraction of sp³-hybridized carbons (Fsp3) is 0.240. The summed E-state index contributed by atoms with van der Waals surface area (Å²) in [5.41, 5.74) is 5.29. The molecular formula is C25H24N2O5. The van der Waals surface area contributed by atoms with E-state index in [0.29, 0.717) is 12.2 Å². The van der Waals surface area contributed by atoms with Crippen LogP contribution in [0.1, 0.15) is 29.0 Å². The maximum Gasteiger partial charge on any atom is 0.407 e. The summed E-state index contributed by atoms with van der Waals surface area (Å²) in [4.78, 5) is 28.1. The van der Waals surface area contributed by atoms with Crippen LogP contribution in [0.4, 0.5) is 4.79 Å². The highest BCUT2D eigenvalue weighted by molar-refractivity contribution is 5.81. The van der Waals surface area contributed by atoms with Crippen LogP contribution >= 0.6 is 0 Å². The summed E-state index contributed by atoms with van der Waals surface area (Å²) in [6.45, 7) is 0.131. The van der Waals surface area contributed by atoms with Crippen LogP contribution in [0, 0.1) is 0 Å². The molecule has 1 atom stereocenters. The summed E-state index contributed by atoms with van der Waals surface area (Å²) in [5, 5.41) is 12.0. The van der Waals surface area contributed by atoms with Gasteiger partial charge in [0, 0.05) is 12.1 Å². The lowest BCUT2D eigenvalue weighted by molar-refractivity contribution is -0.139. The van der Waals surface area contributed by atoms with E-state index in [1.165, 1.54) is 0 Å². The average Bonchev–Trinajstić information content (AvgIpc) is 3.14. The molecule has 164 valence electrons. The number of carbonyl (C=O) groups excluding carboxylic acids is 1. The number of amides is 1. The quantitative estimate of drug-likeness (QED) is 0.558. The van der Waals surface area contributed by atoms with Crippen molar-refractivity contribution in [1.82, 2.24) is 10.3 Å². The number of aryl methyl sites for hydroxylation is 1. The van der Waals surface area contributed by atoms with E-state index in [9.17, 15) is 14.7 Å². The molecular weight excluding hydrogens is 408 g/mol. The van der Waals surface area contributed by atoms with Crippen LogP contribution in [0.2, 0.25) is 0 Å². The van der Waals surface area contributed by atoms with Crippen LogP contribution in [0.3, 0.4) is 0 Å². The van der Waals surface area contributed by atoms with E-state index in [4.69, 9.17) is 9.47 Å². The Labute approximate surface area is 186 Å². The zero-order chi connectivity index (χ0) is 22.5. The average molecular weight is 432 g/mol. The number of pyridine rings is 1. The van der Waals surface area contributed by atoms with Crippen molar-refractivity contribution in [2.24, 2.45) is 0 Å². The smallest absolute Gasteiger partial charge is 0.407 e. The van der Waals surface area contributed by atoms with E-state index in [1.54, 1.807) is 25.6 Å². The highest BCUT2D eigenvalue weighted by atomic mass is 16.5. The van der Waals surface area contributed by atoms with Crippen LogP contribution in [0.15, 0.2) is 67.0 Å². The molecule has 0 fully saturated rings. The number of hydrogen-bond acceptors (Lipinski definition) is 5. The number of alkyl carbamates (subject to hydrolysis) is 1. The molecule has 0 spiro atoms. The summed E-state index contributed by atoms with van der Waals surface area (Å²) in [6, 6.07) is 16.8. The summed E-state index contributed by atoms with van der Waals surface area (Å²) in [6.07, 6.45) is 3.10. The molecule has 0 saturated heterocycles. The van der Waals surface area contributed by atoms with Gasteiger partial charge in [-0.2, -0.15) is 0 Å². The fourth-order valence-corrected chi connectivity index (χ4v) is 4.06. The minimum absolute atomic E-state index is 0.0840. The Balaban J connectivity index is 1.37. The summed E-state index contributed by atoms with van der Waals surface area (Å²) < 4.78 is 10.6. The van der Waals surface area contributed by atoms with Crippen LogP contribution < -0.4 is 10.1 Å². The second kappa shape index (κ2) is 9.51. The fourth-order valence-electron chi connectivity index (χ4n) is 4.06. The number of aliphatic carboxylic acids is 1. The van der Waals surface area contributed by atoms with Crippen LogP contribution in [0.5, 0.6) is 5.75 Å². The van der Waals surface area contributed by atoms with Crippen molar-refractivity contribution in [3.63, 3.8) is 0 Å². The third kappa shape index (κ3) is 4.56. The van der Waals surface area contributed by atoms with Gasteiger partial charge in [-0.05, 0) is 46.7 Å². The van der Waals surface area contributed by atoms with E-state index in [1.807, 2.05) is 36.4 Å². The Morgan fingerprint density at radius 1 is 1.06 bits per heavy atom. The van der Waals surface area contributed by atoms with Gasteiger partial charge in [0.25, 0.3) is 0 Å². The Morgan fingerprint density at radius 3 is 2.34 bits per heavy atom. The molecule has 1 aliphatic rings. The first-order chi connectivity index (χ1) is 15.6. The van der Waals surface area contributed by atoms with E-state index in [2.05, 4.69) is 22.4 Å². The van der Waals surface area contributed by atoms with Gasteiger partial charge in [0.1, 0.15) is 18.4 Å². The van der Waals surface area contributed by atoms with E-state index in [0.717, 1.165) is 27.8 Å². The number of methoxy groups -OCH3 is 1. The molecule has 7 heteroatoms. The van der Waals surface area contributed by atoms with Crippen molar-refractivity contribution in [1.29, 1.82) is 0 Å². The number of carbonyl (C=O) groups is 2. The zero-order valence-electron chi connectivity index (χ0n) is 17.7. The molecule has 2 N–H and O–H groups in total. The molecule has 32 heavy (non-hydrogen) atoms. The minimum Gasteiger partial charge on any atom is -0.495 e. The topological polar surface area (TPSA) is 97.8 Å². The summed E-state index contributed by atoms with van der Waals surface area (Å²) in [5.74, 6) is -0.604. The first-order valence-electron chi connectivity index (χ1n) is 10.4. The standard InChI is InChI=1S/C25H24N2O5/c1-31-17-12-16(13-26-14-17)10-11-23(24(28)29)27-25(30)32-15-22-20-8-4-2-6-18(20)19-7-3-5-9-21(19)22/h2-9,12-14,22-23H,10-11,15H2,1H3,(H,27,30)(H,28,29)/t23-/m0/s1. The maximum absolute atomic E-state index is 12.4. The molecule has 0 unspecified atom stereocenters. The van der Waals surface area contributed by atoms with Gasteiger partial charge in [0.2, 0.25) is 0 Å². The van der Waals surface area contributed by atoms with Crippen molar-refractivity contribution in [3.05, 3.63) is 83.7 Å². The molecule has 1 aromatic heterocycles. The molecule has 1 heterocycles. The lowest BCUT2D eigenvalue weighted by Crippen LogP contribution is -2.41. The van der Waals surface area contributed by atoms with Gasteiger partial charge in [-0.1, -0.05) is 48.5 Å². The number of carboxylic acids is 1. The molecule has 0 saturated carbocycles. The molecule has 4 rings (SSSR count). The van der Waals surface area contributed by atoms with Gasteiger partial charge in [0.15, 0.2) is 0 Å².